The Labute approximate surface area is 797 Å². The van der Waals surface area contributed by atoms with Crippen LogP contribution in [0.3, 0.4) is 0 Å². The van der Waals surface area contributed by atoms with E-state index < -0.39 is 387 Å². The number of esters is 20. The standard InChI is InChI=1S/C85H114O55/c1-22-23-106-65-58-51(24-107-31(2)86)127-79(72(65)120-44(15)99)135-59-52(25-108-32(3)87)129-81(74(122-46(17)101)66(59)114-38(9)93)137-61-54(27-110-34(5)89)131-83(76(124-48(19)103)68(61)116-40(11)95)139-63-56(29-112-36(7)91)133-85(78(126-50(21)105)70(63)118-42(13)97)140-64-57(30-113-37(8)92)132-84(77(125-49(20)104)71(64)119-43(14)98)138-62-55(28-111-35(6)90)130-82(75(123-47(18)102)69(62)117-41(12)96)136-60-53(26-109-33(4)88)128-80(134-58)73(121-45(16)100)67(60)115-39(10)94/h22,51-85H,1,23-30H2,2-21H3/t51-,52-,53-,54-,55-,56-,57-,58-,59-,60-,61-,62-,63-,64-,65+,66+,67+,68+,69+,70+,71+,72-,73-,74-,75-,76-,77-,78-,79-,80-,81-,82-,83-,84-,85-/m1/s1. The molecule has 0 unspecified atom stereocenters. The van der Waals surface area contributed by atoms with E-state index in [0.717, 1.165) is 145 Å². The summed E-state index contributed by atoms with van der Waals surface area (Å²) in [6, 6.07) is 0. The maximum atomic E-state index is 14.0. The second-order valence-electron chi connectivity index (χ2n) is 32.2. The highest BCUT2D eigenvalue weighted by molar-refractivity contribution is 5.73. The van der Waals surface area contributed by atoms with Gasteiger partial charge in [0.2, 0.25) is 0 Å². The highest BCUT2D eigenvalue weighted by Crippen LogP contribution is 2.45. The van der Waals surface area contributed by atoms with E-state index in [1.807, 2.05) is 0 Å². The number of carbonyl (C=O) groups excluding carboxylic acids is 20. The molecule has 140 heavy (non-hydrogen) atoms. The molecule has 0 radical (unpaired) electrons. The van der Waals surface area contributed by atoms with Gasteiger partial charge in [-0.25, -0.2) is 0 Å². The maximum Gasteiger partial charge on any atom is 0.303 e. The van der Waals surface area contributed by atoms with Gasteiger partial charge >= 0.3 is 119 Å². The third-order valence-corrected chi connectivity index (χ3v) is 20.7. The summed E-state index contributed by atoms with van der Waals surface area (Å²) in [6.07, 6.45) is -78.4. The van der Waals surface area contributed by atoms with Gasteiger partial charge in [0.25, 0.3) is 0 Å². The first-order valence-electron chi connectivity index (χ1n) is 43.4. The summed E-state index contributed by atoms with van der Waals surface area (Å²) in [6.45, 7) is 12.4. The SMILES string of the molecule is C=CCO[C@@H]1[C@@H](OC(C)=O)[C@H]2O[C@H]3[C@H](OC(C)=O)[C@@H](OC(C)=O)[C@@H](O[C@H]4[C@H](OC(C)=O)[C@@H](OC(C)=O)[C@@H](O[C@H]5[C@H](OC(C)=O)[C@@H](OC(C)=O)[C@@H](O[C@H]6[C@H](OC(C)=O)[C@@H](OC(C)=O)[C@@H](O[C@H]7[C@H](OC(C)=O)[C@@H](OC(C)=O)[C@@H](O[C@H]8[C@H](OC(C)=O)[C@@H](OC(C)=O)[C@@H](O[C@@H]1[C@@H](COC(C)=O)O2)O[C@@H]8COC(C)=O)O[C@@H]7COC(C)=O)O[C@@H]6COC(C)=O)O[C@@H]5COC(C)=O)O[C@@H]4COC(C)=O)O[C@@H]3COC(C)=O. The zero-order valence-corrected chi connectivity index (χ0v) is 79.6. The Hall–Kier alpha value is -11.5. The van der Waals surface area contributed by atoms with Crippen LogP contribution in [0.2, 0.25) is 0 Å². The fourth-order valence-corrected chi connectivity index (χ4v) is 16.0. The molecule has 0 spiro atoms. The first-order chi connectivity index (χ1) is 65.8. The van der Waals surface area contributed by atoms with E-state index in [9.17, 15) is 95.9 Å². The monoisotopic (exact) mass is 2010 g/mol. The first kappa shape index (κ1) is 114. The third kappa shape index (κ3) is 32.5. The molecule has 784 valence electrons. The van der Waals surface area contributed by atoms with E-state index in [4.69, 9.17) is 166 Å². The van der Waals surface area contributed by atoms with Gasteiger partial charge in [0, 0.05) is 138 Å². The molecule has 21 rings (SSSR count). The Morgan fingerprint density at radius 1 is 0.171 bits per heavy atom. The Balaban J connectivity index is 1.51. The number of ether oxygens (including phenoxy) is 35. The van der Waals surface area contributed by atoms with Crippen LogP contribution in [0.15, 0.2) is 12.7 Å². The molecule has 0 aromatic carbocycles. The quantitative estimate of drug-likeness (QED) is 0.0404. The molecule has 0 amide bonds. The van der Waals surface area contributed by atoms with E-state index in [1.165, 1.54) is 0 Å². The van der Waals surface area contributed by atoms with Gasteiger partial charge < -0.3 is 166 Å². The van der Waals surface area contributed by atoms with Crippen LogP contribution in [0.5, 0.6) is 0 Å². The molecular weight excluding hydrogens is 1900 g/mol. The van der Waals surface area contributed by atoms with Crippen molar-refractivity contribution in [2.45, 2.75) is 353 Å². The van der Waals surface area contributed by atoms with E-state index in [1.54, 1.807) is 0 Å². The molecule has 0 N–H and O–H groups in total. The summed E-state index contributed by atoms with van der Waals surface area (Å²) in [5.74, 6) is -24.4. The van der Waals surface area contributed by atoms with Gasteiger partial charge in [0.05, 0.1) is 6.61 Å². The molecule has 0 aliphatic carbocycles. The average molecular weight is 2020 g/mol. The number of hydrogen-bond donors (Lipinski definition) is 0. The van der Waals surface area contributed by atoms with Crippen molar-refractivity contribution in [3.8, 4) is 0 Å². The largest absolute Gasteiger partial charge is 0.463 e. The van der Waals surface area contributed by atoms with Crippen molar-refractivity contribution in [1.29, 1.82) is 0 Å². The second-order valence-corrected chi connectivity index (χ2v) is 32.2. The zero-order valence-electron chi connectivity index (χ0n) is 79.6. The van der Waals surface area contributed by atoms with Crippen LogP contribution in [0.4, 0.5) is 0 Å². The fourth-order valence-electron chi connectivity index (χ4n) is 16.0. The van der Waals surface area contributed by atoms with Gasteiger partial charge in [-0.05, 0) is 0 Å². The molecule has 21 heterocycles. The molecule has 21 aliphatic heterocycles. The normalized spacial score (nSPS) is 34.7. The molecular formula is C85H114O55. The van der Waals surface area contributed by atoms with E-state index in [-0.39, 0.29) is 0 Å². The van der Waals surface area contributed by atoms with Gasteiger partial charge in [0.1, 0.15) is 138 Å². The van der Waals surface area contributed by atoms with Crippen LogP contribution >= 0.6 is 0 Å². The molecule has 55 nitrogen and oxygen atoms in total. The van der Waals surface area contributed by atoms with Crippen molar-refractivity contribution in [2.75, 3.05) is 52.9 Å². The predicted molar refractivity (Wildman–Crippen MR) is 433 cm³/mol. The third-order valence-electron chi connectivity index (χ3n) is 20.7. The van der Waals surface area contributed by atoms with Crippen LogP contribution < -0.4 is 0 Å². The summed E-state index contributed by atoms with van der Waals surface area (Å²) in [5, 5.41) is 0. The summed E-state index contributed by atoms with van der Waals surface area (Å²) >= 11 is 0. The Kier molecular flexibility index (Phi) is 42.5. The highest BCUT2D eigenvalue weighted by atomic mass is 16.8. The lowest BCUT2D eigenvalue weighted by molar-refractivity contribution is -0.398. The van der Waals surface area contributed by atoms with Crippen LogP contribution in [-0.2, 0) is 262 Å². The van der Waals surface area contributed by atoms with Crippen molar-refractivity contribution in [2.24, 2.45) is 0 Å². The van der Waals surface area contributed by atoms with Gasteiger partial charge in [-0.15, -0.1) is 6.58 Å². The minimum Gasteiger partial charge on any atom is -0.463 e. The molecule has 21 fully saturated rings. The minimum atomic E-state index is -2.46. The van der Waals surface area contributed by atoms with Crippen LogP contribution in [0.1, 0.15) is 138 Å². The fraction of sp³-hybridized carbons (Fsp3) is 0.741. The van der Waals surface area contributed by atoms with E-state index in [2.05, 4.69) is 6.58 Å². The lowest BCUT2D eigenvalue weighted by atomic mass is 9.94. The molecule has 35 atom stereocenters. The maximum absolute atomic E-state index is 14.0. The van der Waals surface area contributed by atoms with Crippen molar-refractivity contribution < 1.29 is 262 Å². The van der Waals surface area contributed by atoms with Crippen molar-refractivity contribution in [3.63, 3.8) is 0 Å². The molecule has 21 saturated heterocycles. The number of rotatable bonds is 30. The Morgan fingerprint density at radius 3 is 0.400 bits per heavy atom. The average Bonchev–Trinajstić information content (AvgIpc) is 0.779. The minimum absolute atomic E-state index is 0.619. The number of hydrogen-bond acceptors (Lipinski definition) is 55. The van der Waals surface area contributed by atoms with Crippen LogP contribution in [-0.4, -0.2) is 387 Å². The number of carbonyl (C=O) groups is 20. The lowest BCUT2D eigenvalue weighted by Gasteiger charge is -2.52. The summed E-state index contributed by atoms with van der Waals surface area (Å²) in [7, 11) is 0. The molecule has 55 heteroatoms. The second kappa shape index (κ2) is 52.3. The molecule has 21 aliphatic rings. The zero-order chi connectivity index (χ0) is 104. The Bertz CT molecular complexity index is 4300. The highest BCUT2D eigenvalue weighted by Gasteiger charge is 2.66. The summed E-state index contributed by atoms with van der Waals surface area (Å²) in [5.41, 5.74) is 0. The van der Waals surface area contributed by atoms with E-state index >= 15 is 0 Å². The summed E-state index contributed by atoms with van der Waals surface area (Å²) < 4.78 is 216. The molecule has 0 saturated carbocycles. The van der Waals surface area contributed by atoms with Crippen molar-refractivity contribution in [3.05, 3.63) is 12.7 Å². The van der Waals surface area contributed by atoms with Gasteiger partial charge in [-0.3, -0.25) is 95.9 Å². The molecule has 14 bridgehead atoms. The molecule has 0 aromatic heterocycles. The Morgan fingerprint density at radius 2 is 0.286 bits per heavy atom. The molecule has 0 aromatic rings. The van der Waals surface area contributed by atoms with Gasteiger partial charge in [-0.2, -0.15) is 0 Å². The van der Waals surface area contributed by atoms with Gasteiger partial charge in [-0.1, -0.05) is 6.08 Å². The smallest absolute Gasteiger partial charge is 0.303 e. The van der Waals surface area contributed by atoms with Crippen LogP contribution in [0, 0.1) is 0 Å². The van der Waals surface area contributed by atoms with Gasteiger partial charge in [0.15, 0.2) is 123 Å². The topological polar surface area (TPSA) is 664 Å². The first-order valence-corrected chi connectivity index (χ1v) is 43.4. The van der Waals surface area contributed by atoms with Crippen molar-refractivity contribution in [1.82, 2.24) is 0 Å². The predicted octanol–water partition coefficient (Wildman–Crippen LogP) is -2.60. The van der Waals surface area contributed by atoms with Crippen molar-refractivity contribution >= 4 is 119 Å². The van der Waals surface area contributed by atoms with E-state index in [0.29, 0.717) is 0 Å². The lowest BCUT2D eigenvalue weighted by Crippen LogP contribution is -2.70. The van der Waals surface area contributed by atoms with Crippen LogP contribution in [0.25, 0.3) is 0 Å². The summed E-state index contributed by atoms with van der Waals surface area (Å²) in [4.78, 5) is 274.